The van der Waals surface area contributed by atoms with E-state index in [1.165, 1.54) is 24.1 Å². The average molecular weight is 241 g/mol. The molecule has 1 aromatic heterocycles. The van der Waals surface area contributed by atoms with Crippen molar-refractivity contribution >= 4 is 12.4 Å². The molecule has 3 rings (SSSR count). The molecular formula is C12H17ClN2O. The molecule has 2 heterocycles. The SMILES string of the molecule is CNC1COCc2nc(C3CC3)ccc21.Cl. The Hall–Kier alpha value is -0.640. The molecule has 88 valence electrons. The summed E-state index contributed by atoms with van der Waals surface area (Å²) >= 11 is 0. The van der Waals surface area contributed by atoms with Gasteiger partial charge < -0.3 is 10.1 Å². The van der Waals surface area contributed by atoms with E-state index in [1.54, 1.807) is 0 Å². The van der Waals surface area contributed by atoms with Gasteiger partial charge in [-0.05, 0) is 31.5 Å². The summed E-state index contributed by atoms with van der Waals surface area (Å²) in [6.45, 7) is 1.43. The van der Waals surface area contributed by atoms with E-state index in [9.17, 15) is 0 Å². The van der Waals surface area contributed by atoms with Crippen LogP contribution in [0.15, 0.2) is 12.1 Å². The number of pyridine rings is 1. The van der Waals surface area contributed by atoms with Crippen molar-refractivity contribution in [2.45, 2.75) is 31.4 Å². The van der Waals surface area contributed by atoms with Crippen LogP contribution >= 0.6 is 12.4 Å². The van der Waals surface area contributed by atoms with Crippen molar-refractivity contribution in [2.75, 3.05) is 13.7 Å². The summed E-state index contributed by atoms with van der Waals surface area (Å²) in [5.41, 5.74) is 3.70. The van der Waals surface area contributed by atoms with Crippen LogP contribution in [0.3, 0.4) is 0 Å². The van der Waals surface area contributed by atoms with Crippen molar-refractivity contribution in [2.24, 2.45) is 0 Å². The molecule has 0 bridgehead atoms. The molecule has 1 fully saturated rings. The molecule has 0 amide bonds. The fraction of sp³-hybridized carbons (Fsp3) is 0.583. The average Bonchev–Trinajstić information content (AvgIpc) is 3.11. The van der Waals surface area contributed by atoms with E-state index in [4.69, 9.17) is 9.72 Å². The van der Waals surface area contributed by atoms with E-state index in [1.807, 2.05) is 7.05 Å². The predicted octanol–water partition coefficient (Wildman–Crippen LogP) is 2.17. The summed E-state index contributed by atoms with van der Waals surface area (Å²) in [7, 11) is 1.97. The van der Waals surface area contributed by atoms with E-state index in [-0.39, 0.29) is 12.4 Å². The minimum absolute atomic E-state index is 0. The van der Waals surface area contributed by atoms with Gasteiger partial charge in [0.25, 0.3) is 0 Å². The lowest BCUT2D eigenvalue weighted by atomic mass is 10.0. The van der Waals surface area contributed by atoms with Crippen molar-refractivity contribution in [1.82, 2.24) is 10.3 Å². The molecule has 0 spiro atoms. The predicted molar refractivity (Wildman–Crippen MR) is 64.9 cm³/mol. The van der Waals surface area contributed by atoms with E-state index in [2.05, 4.69) is 17.4 Å². The fourth-order valence-corrected chi connectivity index (χ4v) is 2.17. The Kier molecular flexibility index (Phi) is 3.47. The summed E-state index contributed by atoms with van der Waals surface area (Å²) in [5, 5.41) is 3.26. The van der Waals surface area contributed by atoms with Crippen molar-refractivity contribution < 1.29 is 4.74 Å². The van der Waals surface area contributed by atoms with E-state index >= 15 is 0 Å². The maximum absolute atomic E-state index is 5.53. The number of likely N-dealkylation sites (N-methyl/N-ethyl adjacent to an activating group) is 1. The van der Waals surface area contributed by atoms with Gasteiger partial charge in [-0.25, -0.2) is 0 Å². The second-order valence-electron chi connectivity index (χ2n) is 4.40. The summed E-state index contributed by atoms with van der Waals surface area (Å²) in [4.78, 5) is 4.71. The van der Waals surface area contributed by atoms with Crippen LogP contribution < -0.4 is 5.32 Å². The van der Waals surface area contributed by atoms with Crippen LogP contribution in [0.25, 0.3) is 0 Å². The maximum Gasteiger partial charge on any atom is 0.0892 e. The van der Waals surface area contributed by atoms with E-state index in [0.29, 0.717) is 12.6 Å². The number of nitrogens with one attached hydrogen (secondary N) is 1. The molecule has 0 aromatic carbocycles. The van der Waals surface area contributed by atoms with Crippen LogP contribution in [0.1, 0.15) is 41.8 Å². The number of hydrogen-bond donors (Lipinski definition) is 1. The van der Waals surface area contributed by atoms with Gasteiger partial charge >= 0.3 is 0 Å². The van der Waals surface area contributed by atoms with Gasteiger partial charge in [-0.3, -0.25) is 4.98 Å². The van der Waals surface area contributed by atoms with Gasteiger partial charge in [-0.1, -0.05) is 6.07 Å². The van der Waals surface area contributed by atoms with Gasteiger partial charge in [-0.2, -0.15) is 0 Å². The highest BCUT2D eigenvalue weighted by molar-refractivity contribution is 5.85. The van der Waals surface area contributed by atoms with Crippen LogP contribution in [-0.4, -0.2) is 18.6 Å². The van der Waals surface area contributed by atoms with Gasteiger partial charge in [-0.15, -0.1) is 12.4 Å². The molecule has 1 N–H and O–H groups in total. The summed E-state index contributed by atoms with van der Waals surface area (Å²) < 4.78 is 5.53. The number of ether oxygens (including phenoxy) is 1. The Labute approximate surface area is 102 Å². The largest absolute Gasteiger partial charge is 0.373 e. The highest BCUT2D eigenvalue weighted by Crippen LogP contribution is 2.39. The number of fused-ring (bicyclic) bond motifs is 1. The number of nitrogens with zero attached hydrogens (tertiary/aromatic N) is 1. The molecule has 1 aromatic rings. The lowest BCUT2D eigenvalue weighted by Gasteiger charge is -2.24. The zero-order chi connectivity index (χ0) is 10.3. The quantitative estimate of drug-likeness (QED) is 0.861. The second kappa shape index (κ2) is 4.70. The van der Waals surface area contributed by atoms with Crippen molar-refractivity contribution in [3.05, 3.63) is 29.1 Å². The first-order valence-electron chi connectivity index (χ1n) is 5.63. The fourth-order valence-electron chi connectivity index (χ4n) is 2.17. The third-order valence-corrected chi connectivity index (χ3v) is 3.27. The first kappa shape index (κ1) is 11.8. The van der Waals surface area contributed by atoms with Crippen molar-refractivity contribution in [1.29, 1.82) is 0 Å². The molecule has 1 aliphatic carbocycles. The van der Waals surface area contributed by atoms with Crippen LogP contribution in [0.4, 0.5) is 0 Å². The lowest BCUT2D eigenvalue weighted by Crippen LogP contribution is -2.27. The molecule has 0 radical (unpaired) electrons. The Morgan fingerprint density at radius 2 is 2.19 bits per heavy atom. The molecule has 4 heteroatoms. The van der Waals surface area contributed by atoms with Crippen LogP contribution in [0, 0.1) is 0 Å². The van der Waals surface area contributed by atoms with Gasteiger partial charge in [0, 0.05) is 11.6 Å². The first-order chi connectivity index (χ1) is 7.38. The molecular weight excluding hydrogens is 224 g/mol. The van der Waals surface area contributed by atoms with Crippen molar-refractivity contribution in [3.8, 4) is 0 Å². The Balaban J connectivity index is 0.000000963. The minimum atomic E-state index is 0. The van der Waals surface area contributed by atoms with Gasteiger partial charge in [0.1, 0.15) is 0 Å². The Bertz CT molecular complexity index is 379. The number of aromatic nitrogens is 1. The van der Waals surface area contributed by atoms with Gasteiger partial charge in [0.15, 0.2) is 0 Å². The molecule has 2 aliphatic rings. The van der Waals surface area contributed by atoms with Crippen molar-refractivity contribution in [3.63, 3.8) is 0 Å². The van der Waals surface area contributed by atoms with Gasteiger partial charge in [0.05, 0.1) is 24.9 Å². The molecule has 0 saturated heterocycles. The third-order valence-electron chi connectivity index (χ3n) is 3.27. The third kappa shape index (κ3) is 2.08. The number of rotatable bonds is 2. The molecule has 1 atom stereocenters. The summed E-state index contributed by atoms with van der Waals surface area (Å²) in [6.07, 6.45) is 2.62. The standard InChI is InChI=1S/C12H16N2O.ClH/c1-13-11-6-15-7-12-9(11)4-5-10(14-12)8-2-3-8;/h4-5,8,11,13H,2-3,6-7H2,1H3;1H. The highest BCUT2D eigenvalue weighted by atomic mass is 35.5. The normalized spacial score (nSPS) is 23.4. The zero-order valence-corrected chi connectivity index (χ0v) is 10.2. The van der Waals surface area contributed by atoms with Crippen LogP contribution in [0.5, 0.6) is 0 Å². The van der Waals surface area contributed by atoms with Crippen LogP contribution in [-0.2, 0) is 11.3 Å². The topological polar surface area (TPSA) is 34.1 Å². The minimum Gasteiger partial charge on any atom is -0.373 e. The second-order valence-corrected chi connectivity index (χ2v) is 4.40. The zero-order valence-electron chi connectivity index (χ0n) is 9.40. The summed E-state index contributed by atoms with van der Waals surface area (Å²) in [6, 6.07) is 4.72. The highest BCUT2D eigenvalue weighted by Gasteiger charge is 2.27. The molecule has 1 aliphatic heterocycles. The Morgan fingerprint density at radius 3 is 2.88 bits per heavy atom. The summed E-state index contributed by atoms with van der Waals surface area (Å²) in [5.74, 6) is 0.727. The smallest absolute Gasteiger partial charge is 0.0892 e. The van der Waals surface area contributed by atoms with E-state index in [0.717, 1.165) is 18.2 Å². The molecule has 16 heavy (non-hydrogen) atoms. The maximum atomic E-state index is 5.53. The Morgan fingerprint density at radius 1 is 1.38 bits per heavy atom. The number of hydrogen-bond acceptors (Lipinski definition) is 3. The van der Waals surface area contributed by atoms with Gasteiger partial charge in [0.2, 0.25) is 0 Å². The van der Waals surface area contributed by atoms with E-state index < -0.39 is 0 Å². The molecule has 1 saturated carbocycles. The molecule has 1 unspecified atom stereocenters. The number of halogens is 1. The first-order valence-corrected chi connectivity index (χ1v) is 5.63. The molecule has 3 nitrogen and oxygen atoms in total. The van der Waals surface area contributed by atoms with Crippen LogP contribution in [0.2, 0.25) is 0 Å². The lowest BCUT2D eigenvalue weighted by molar-refractivity contribution is 0.0811. The monoisotopic (exact) mass is 240 g/mol.